The van der Waals surface area contributed by atoms with Crippen LogP contribution < -0.4 is 5.73 Å². The van der Waals surface area contributed by atoms with E-state index in [1.165, 1.54) is 19.4 Å². The van der Waals surface area contributed by atoms with E-state index >= 15 is 0 Å². The smallest absolute Gasteiger partial charge is 0.0824 e. The van der Waals surface area contributed by atoms with Gasteiger partial charge in [-0.2, -0.15) is 0 Å². The molecule has 1 spiro atoms. The van der Waals surface area contributed by atoms with Gasteiger partial charge in [0.1, 0.15) is 0 Å². The SMILES string of the molecule is CCN1CCCC2(CC(N)CCO2)C1. The van der Waals surface area contributed by atoms with Gasteiger partial charge in [0.25, 0.3) is 0 Å². The Hall–Kier alpha value is -0.120. The molecule has 2 saturated heterocycles. The molecule has 2 unspecified atom stereocenters. The first-order chi connectivity index (χ1) is 6.74. The first-order valence-corrected chi connectivity index (χ1v) is 5.86. The molecule has 2 heterocycles. The number of nitrogens with two attached hydrogens (primary N) is 1. The van der Waals surface area contributed by atoms with Crippen molar-refractivity contribution in [3.05, 3.63) is 0 Å². The van der Waals surface area contributed by atoms with Crippen LogP contribution in [0.25, 0.3) is 0 Å². The Kier molecular flexibility index (Phi) is 3.10. The largest absolute Gasteiger partial charge is 0.374 e. The quantitative estimate of drug-likeness (QED) is 0.682. The lowest BCUT2D eigenvalue weighted by Gasteiger charge is -2.46. The van der Waals surface area contributed by atoms with E-state index in [4.69, 9.17) is 10.5 Å². The third-order valence-corrected chi connectivity index (χ3v) is 3.60. The number of rotatable bonds is 1. The molecule has 0 saturated carbocycles. The highest BCUT2D eigenvalue weighted by Crippen LogP contribution is 2.32. The van der Waals surface area contributed by atoms with Crippen molar-refractivity contribution in [2.24, 2.45) is 5.73 Å². The summed E-state index contributed by atoms with van der Waals surface area (Å²) in [5, 5.41) is 0. The molecule has 3 heteroatoms. The highest BCUT2D eigenvalue weighted by atomic mass is 16.5. The molecule has 2 N–H and O–H groups in total. The van der Waals surface area contributed by atoms with Gasteiger partial charge >= 0.3 is 0 Å². The standard InChI is InChI=1S/C11H22N2O/c1-2-13-6-3-5-11(9-13)8-10(12)4-7-14-11/h10H,2-9,12H2,1H3. The molecule has 2 aliphatic heterocycles. The summed E-state index contributed by atoms with van der Waals surface area (Å²) in [6.45, 7) is 6.55. The van der Waals surface area contributed by atoms with Crippen molar-refractivity contribution in [2.75, 3.05) is 26.2 Å². The number of ether oxygens (including phenoxy) is 1. The molecular weight excluding hydrogens is 176 g/mol. The third kappa shape index (κ3) is 2.10. The van der Waals surface area contributed by atoms with Crippen molar-refractivity contribution < 1.29 is 4.74 Å². The molecule has 14 heavy (non-hydrogen) atoms. The summed E-state index contributed by atoms with van der Waals surface area (Å²) in [4.78, 5) is 2.49. The van der Waals surface area contributed by atoms with Gasteiger partial charge in [0.2, 0.25) is 0 Å². The fraction of sp³-hybridized carbons (Fsp3) is 1.00. The molecular formula is C11H22N2O. The lowest BCUT2D eigenvalue weighted by atomic mass is 9.84. The summed E-state index contributed by atoms with van der Waals surface area (Å²) < 4.78 is 5.99. The highest BCUT2D eigenvalue weighted by Gasteiger charge is 2.39. The van der Waals surface area contributed by atoms with Crippen LogP contribution in [0.5, 0.6) is 0 Å². The van der Waals surface area contributed by atoms with Crippen LogP contribution in [0, 0.1) is 0 Å². The first-order valence-electron chi connectivity index (χ1n) is 5.86. The predicted molar refractivity (Wildman–Crippen MR) is 57.2 cm³/mol. The molecule has 82 valence electrons. The lowest BCUT2D eigenvalue weighted by molar-refractivity contribution is -0.120. The molecule has 0 aromatic heterocycles. The van der Waals surface area contributed by atoms with Crippen LogP contribution in [0.3, 0.4) is 0 Å². The zero-order chi connectivity index (χ0) is 10.0. The van der Waals surface area contributed by atoms with Gasteiger partial charge in [0.15, 0.2) is 0 Å². The zero-order valence-electron chi connectivity index (χ0n) is 9.17. The Morgan fingerprint density at radius 2 is 2.43 bits per heavy atom. The summed E-state index contributed by atoms with van der Waals surface area (Å²) in [6.07, 6.45) is 4.56. The molecule has 0 aromatic carbocycles. The van der Waals surface area contributed by atoms with E-state index in [1.54, 1.807) is 0 Å². The molecule has 0 amide bonds. The van der Waals surface area contributed by atoms with Crippen LogP contribution in [0.4, 0.5) is 0 Å². The monoisotopic (exact) mass is 198 g/mol. The number of likely N-dealkylation sites (tertiary alicyclic amines) is 1. The molecule has 2 rings (SSSR count). The van der Waals surface area contributed by atoms with Crippen LogP contribution >= 0.6 is 0 Å². The van der Waals surface area contributed by atoms with E-state index in [0.29, 0.717) is 6.04 Å². The minimum absolute atomic E-state index is 0.103. The summed E-state index contributed by atoms with van der Waals surface area (Å²) in [5.41, 5.74) is 6.13. The molecule has 2 fully saturated rings. The maximum atomic E-state index is 6.03. The summed E-state index contributed by atoms with van der Waals surface area (Å²) >= 11 is 0. The van der Waals surface area contributed by atoms with Crippen LogP contribution in [0.1, 0.15) is 32.6 Å². The zero-order valence-corrected chi connectivity index (χ0v) is 9.17. The number of piperidine rings is 1. The van der Waals surface area contributed by atoms with Gasteiger partial charge in [0.05, 0.1) is 5.60 Å². The van der Waals surface area contributed by atoms with Crippen molar-refractivity contribution in [2.45, 2.75) is 44.2 Å². The molecule has 0 aliphatic carbocycles. The second-order valence-electron chi connectivity index (χ2n) is 4.76. The van der Waals surface area contributed by atoms with E-state index in [-0.39, 0.29) is 5.60 Å². The minimum Gasteiger partial charge on any atom is -0.374 e. The maximum absolute atomic E-state index is 6.03. The van der Waals surface area contributed by atoms with Gasteiger partial charge in [-0.05, 0) is 38.8 Å². The Morgan fingerprint density at radius 3 is 3.14 bits per heavy atom. The molecule has 3 nitrogen and oxygen atoms in total. The van der Waals surface area contributed by atoms with E-state index in [0.717, 1.165) is 32.5 Å². The molecule has 0 bridgehead atoms. The summed E-state index contributed by atoms with van der Waals surface area (Å²) in [5.74, 6) is 0. The van der Waals surface area contributed by atoms with Gasteiger partial charge < -0.3 is 15.4 Å². The Labute approximate surface area is 86.6 Å². The number of nitrogens with zero attached hydrogens (tertiary/aromatic N) is 1. The Balaban J connectivity index is 1.99. The van der Waals surface area contributed by atoms with Crippen LogP contribution in [0.15, 0.2) is 0 Å². The highest BCUT2D eigenvalue weighted by molar-refractivity contribution is 4.94. The van der Waals surface area contributed by atoms with Gasteiger partial charge in [-0.1, -0.05) is 6.92 Å². The average Bonchev–Trinajstić information content (AvgIpc) is 2.17. The summed E-state index contributed by atoms with van der Waals surface area (Å²) in [6, 6.07) is 0.362. The van der Waals surface area contributed by atoms with E-state index in [2.05, 4.69) is 11.8 Å². The molecule has 0 radical (unpaired) electrons. The van der Waals surface area contributed by atoms with Crippen LogP contribution in [-0.2, 0) is 4.74 Å². The number of hydrogen-bond donors (Lipinski definition) is 1. The summed E-state index contributed by atoms with van der Waals surface area (Å²) in [7, 11) is 0. The molecule has 2 aliphatic rings. The lowest BCUT2D eigenvalue weighted by Crippen LogP contribution is -2.55. The third-order valence-electron chi connectivity index (χ3n) is 3.60. The van der Waals surface area contributed by atoms with Crippen molar-refractivity contribution >= 4 is 0 Å². The Morgan fingerprint density at radius 1 is 1.57 bits per heavy atom. The second kappa shape index (κ2) is 4.17. The van der Waals surface area contributed by atoms with Crippen LogP contribution in [0.2, 0.25) is 0 Å². The van der Waals surface area contributed by atoms with Crippen LogP contribution in [-0.4, -0.2) is 42.8 Å². The van der Waals surface area contributed by atoms with E-state index < -0.39 is 0 Å². The predicted octanol–water partition coefficient (Wildman–Crippen LogP) is 0.979. The molecule has 0 aromatic rings. The van der Waals surface area contributed by atoms with Gasteiger partial charge in [-0.25, -0.2) is 0 Å². The topological polar surface area (TPSA) is 38.5 Å². The maximum Gasteiger partial charge on any atom is 0.0824 e. The van der Waals surface area contributed by atoms with Crippen molar-refractivity contribution in [1.29, 1.82) is 0 Å². The second-order valence-corrected chi connectivity index (χ2v) is 4.76. The normalized spacial score (nSPS) is 40.3. The Bertz CT molecular complexity index is 194. The average molecular weight is 198 g/mol. The van der Waals surface area contributed by atoms with Crippen molar-refractivity contribution in [3.63, 3.8) is 0 Å². The van der Waals surface area contributed by atoms with E-state index in [1.807, 2.05) is 0 Å². The minimum atomic E-state index is 0.103. The fourth-order valence-corrected chi connectivity index (χ4v) is 2.81. The number of likely N-dealkylation sites (N-methyl/N-ethyl adjacent to an activating group) is 1. The fourth-order valence-electron chi connectivity index (χ4n) is 2.81. The number of hydrogen-bond acceptors (Lipinski definition) is 3. The van der Waals surface area contributed by atoms with Gasteiger partial charge in [-0.15, -0.1) is 0 Å². The first kappa shape index (κ1) is 10.4. The van der Waals surface area contributed by atoms with Crippen molar-refractivity contribution in [1.82, 2.24) is 4.90 Å². The molecule has 2 atom stereocenters. The van der Waals surface area contributed by atoms with Gasteiger partial charge in [0, 0.05) is 19.2 Å². The van der Waals surface area contributed by atoms with Crippen molar-refractivity contribution in [3.8, 4) is 0 Å². The van der Waals surface area contributed by atoms with Gasteiger partial charge in [-0.3, -0.25) is 0 Å². The van der Waals surface area contributed by atoms with E-state index in [9.17, 15) is 0 Å².